The summed E-state index contributed by atoms with van der Waals surface area (Å²) >= 11 is 0. The van der Waals surface area contributed by atoms with Crippen molar-refractivity contribution in [3.05, 3.63) is 101 Å². The zero-order valence-electron chi connectivity index (χ0n) is 16.1. The highest BCUT2D eigenvalue weighted by molar-refractivity contribution is 6.51. The molecule has 0 aliphatic carbocycles. The van der Waals surface area contributed by atoms with Crippen LogP contribution < -0.4 is 9.64 Å². The van der Waals surface area contributed by atoms with E-state index in [1.54, 1.807) is 54.6 Å². The average Bonchev–Trinajstić information content (AvgIpc) is 3.05. The molecule has 0 aromatic heterocycles. The molecule has 3 aromatic rings. The van der Waals surface area contributed by atoms with E-state index in [2.05, 4.69) is 0 Å². The van der Waals surface area contributed by atoms with Gasteiger partial charge in [-0.2, -0.15) is 0 Å². The normalized spacial score (nSPS) is 17.9. The van der Waals surface area contributed by atoms with E-state index in [-0.39, 0.29) is 16.9 Å². The van der Waals surface area contributed by atoms with E-state index >= 15 is 0 Å². The van der Waals surface area contributed by atoms with Crippen LogP contribution in [0.3, 0.4) is 0 Å². The molecule has 1 N–H and O–H groups in total. The van der Waals surface area contributed by atoms with E-state index in [9.17, 15) is 19.1 Å². The third kappa shape index (κ3) is 3.33. The van der Waals surface area contributed by atoms with Crippen LogP contribution in [0.15, 0.2) is 84.4 Å². The summed E-state index contributed by atoms with van der Waals surface area (Å²) in [4.78, 5) is 27.3. The summed E-state index contributed by atoms with van der Waals surface area (Å²) in [7, 11) is 1.52. The first-order valence-corrected chi connectivity index (χ1v) is 9.27. The number of rotatable bonds is 4. The summed E-state index contributed by atoms with van der Waals surface area (Å²) in [6.07, 6.45) is 0. The molecular formula is C24H18FNO4. The number of Topliss-reactive ketones (excluding diaryl/α,β-unsaturated/α-hetero) is 1. The maximum Gasteiger partial charge on any atom is 0.300 e. The Bertz CT molecular complexity index is 1140. The molecule has 6 heteroatoms. The number of aliphatic hydroxyl groups is 1. The average molecular weight is 403 g/mol. The van der Waals surface area contributed by atoms with Crippen molar-refractivity contribution in [1.29, 1.82) is 0 Å². The number of hydrogen-bond acceptors (Lipinski definition) is 4. The second-order valence-corrected chi connectivity index (χ2v) is 6.79. The Balaban J connectivity index is 1.95. The van der Waals surface area contributed by atoms with Crippen molar-refractivity contribution < 1.29 is 23.8 Å². The van der Waals surface area contributed by atoms with Crippen LogP contribution in [-0.4, -0.2) is 23.9 Å². The van der Waals surface area contributed by atoms with Gasteiger partial charge in [-0.1, -0.05) is 30.3 Å². The van der Waals surface area contributed by atoms with E-state index in [0.29, 0.717) is 17.0 Å². The molecule has 0 spiro atoms. The lowest BCUT2D eigenvalue weighted by Gasteiger charge is -2.25. The molecule has 4 rings (SSSR count). The molecule has 3 aromatic carbocycles. The van der Waals surface area contributed by atoms with Crippen molar-refractivity contribution in [1.82, 2.24) is 0 Å². The second-order valence-electron chi connectivity index (χ2n) is 6.79. The zero-order valence-corrected chi connectivity index (χ0v) is 16.1. The fourth-order valence-corrected chi connectivity index (χ4v) is 3.58. The van der Waals surface area contributed by atoms with Gasteiger partial charge < -0.3 is 9.84 Å². The SMILES string of the molecule is COc1cccc([C@@H]2C(=C(O)c3ccc(F)cc3)C(=O)C(=O)N2c2ccccc2)c1. The van der Waals surface area contributed by atoms with E-state index < -0.39 is 23.5 Å². The Morgan fingerprint density at radius 3 is 2.33 bits per heavy atom. The third-order valence-electron chi connectivity index (χ3n) is 5.01. The Kier molecular flexibility index (Phi) is 5.06. The Morgan fingerprint density at radius 2 is 1.67 bits per heavy atom. The summed E-state index contributed by atoms with van der Waals surface area (Å²) in [5, 5.41) is 10.9. The lowest BCUT2D eigenvalue weighted by Crippen LogP contribution is -2.29. The monoisotopic (exact) mass is 403 g/mol. The minimum atomic E-state index is -0.868. The Hall–Kier alpha value is -3.93. The Morgan fingerprint density at radius 1 is 0.967 bits per heavy atom. The van der Waals surface area contributed by atoms with Crippen molar-refractivity contribution in [2.75, 3.05) is 12.0 Å². The van der Waals surface area contributed by atoms with Crippen LogP contribution in [0.4, 0.5) is 10.1 Å². The molecule has 1 heterocycles. The number of anilines is 1. The number of carbonyl (C=O) groups excluding carboxylic acids is 2. The quantitative estimate of drug-likeness (QED) is 0.397. The molecule has 0 bridgehead atoms. The number of benzene rings is 3. The lowest BCUT2D eigenvalue weighted by molar-refractivity contribution is -0.132. The number of amides is 1. The number of methoxy groups -OCH3 is 1. The van der Waals surface area contributed by atoms with Gasteiger partial charge in [-0.05, 0) is 54.1 Å². The molecule has 0 unspecified atom stereocenters. The number of hydrogen-bond donors (Lipinski definition) is 1. The van der Waals surface area contributed by atoms with Gasteiger partial charge in [-0.3, -0.25) is 14.5 Å². The standard InChI is InChI=1S/C24H18FNO4/c1-30-19-9-5-6-16(14-19)21-20(22(27)15-10-12-17(25)13-11-15)23(28)24(29)26(21)18-7-3-2-4-8-18/h2-14,21,27H,1H3/t21-/m1/s1. The molecule has 1 saturated heterocycles. The molecule has 0 radical (unpaired) electrons. The predicted molar refractivity (Wildman–Crippen MR) is 111 cm³/mol. The number of halogens is 1. The van der Waals surface area contributed by atoms with Crippen molar-refractivity contribution in [2.45, 2.75) is 6.04 Å². The summed E-state index contributed by atoms with van der Waals surface area (Å²) < 4.78 is 18.6. The first-order valence-electron chi connectivity index (χ1n) is 9.27. The highest BCUT2D eigenvalue weighted by Gasteiger charge is 2.47. The largest absolute Gasteiger partial charge is 0.507 e. The predicted octanol–water partition coefficient (Wildman–Crippen LogP) is 4.46. The summed E-state index contributed by atoms with van der Waals surface area (Å²) in [5.74, 6) is -1.85. The number of carbonyl (C=O) groups is 2. The topological polar surface area (TPSA) is 66.8 Å². The molecule has 1 atom stereocenters. The van der Waals surface area contributed by atoms with Gasteiger partial charge in [0.2, 0.25) is 0 Å². The summed E-state index contributed by atoms with van der Waals surface area (Å²) in [6, 6.07) is 20.0. The number of para-hydroxylation sites is 1. The molecule has 0 saturated carbocycles. The van der Waals surface area contributed by atoms with Crippen LogP contribution in [-0.2, 0) is 9.59 Å². The van der Waals surface area contributed by atoms with Crippen LogP contribution in [0, 0.1) is 5.82 Å². The van der Waals surface area contributed by atoms with Crippen LogP contribution in [0.5, 0.6) is 5.75 Å². The van der Waals surface area contributed by atoms with E-state index in [4.69, 9.17) is 4.74 Å². The van der Waals surface area contributed by atoms with Crippen molar-refractivity contribution in [3.63, 3.8) is 0 Å². The third-order valence-corrected chi connectivity index (χ3v) is 5.01. The zero-order chi connectivity index (χ0) is 21.3. The molecular weight excluding hydrogens is 385 g/mol. The molecule has 150 valence electrons. The molecule has 1 aliphatic heterocycles. The molecule has 1 amide bonds. The lowest BCUT2D eigenvalue weighted by atomic mass is 9.95. The van der Waals surface area contributed by atoms with Crippen LogP contribution in [0.25, 0.3) is 5.76 Å². The van der Waals surface area contributed by atoms with Gasteiger partial charge in [0.15, 0.2) is 0 Å². The summed E-state index contributed by atoms with van der Waals surface area (Å²) in [5.41, 5.74) is 1.30. The van der Waals surface area contributed by atoms with Gasteiger partial charge >= 0.3 is 0 Å². The highest BCUT2D eigenvalue weighted by atomic mass is 19.1. The minimum absolute atomic E-state index is 0.0660. The highest BCUT2D eigenvalue weighted by Crippen LogP contribution is 2.42. The fourth-order valence-electron chi connectivity index (χ4n) is 3.58. The fraction of sp³-hybridized carbons (Fsp3) is 0.0833. The Labute approximate surface area is 172 Å². The number of ether oxygens (including phenoxy) is 1. The van der Waals surface area contributed by atoms with Crippen LogP contribution in [0.2, 0.25) is 0 Å². The number of aliphatic hydroxyl groups excluding tert-OH is 1. The van der Waals surface area contributed by atoms with E-state index in [0.717, 1.165) is 0 Å². The second kappa shape index (κ2) is 7.83. The van der Waals surface area contributed by atoms with E-state index in [1.807, 2.05) is 0 Å². The van der Waals surface area contributed by atoms with Gasteiger partial charge in [0.05, 0.1) is 18.7 Å². The molecule has 5 nitrogen and oxygen atoms in total. The molecule has 1 aliphatic rings. The summed E-state index contributed by atoms with van der Waals surface area (Å²) in [6.45, 7) is 0. The number of ketones is 1. The minimum Gasteiger partial charge on any atom is -0.507 e. The first-order chi connectivity index (χ1) is 14.5. The molecule has 1 fully saturated rings. The maximum absolute atomic E-state index is 13.3. The van der Waals surface area contributed by atoms with Gasteiger partial charge in [-0.25, -0.2) is 4.39 Å². The van der Waals surface area contributed by atoms with Gasteiger partial charge in [0.1, 0.15) is 17.3 Å². The van der Waals surface area contributed by atoms with Crippen LogP contribution in [0.1, 0.15) is 17.2 Å². The number of nitrogens with zero attached hydrogens (tertiary/aromatic N) is 1. The van der Waals surface area contributed by atoms with Gasteiger partial charge in [0.25, 0.3) is 11.7 Å². The van der Waals surface area contributed by atoms with Crippen molar-refractivity contribution in [3.8, 4) is 5.75 Å². The van der Waals surface area contributed by atoms with Gasteiger partial charge in [-0.15, -0.1) is 0 Å². The van der Waals surface area contributed by atoms with Crippen molar-refractivity contribution in [2.24, 2.45) is 0 Å². The van der Waals surface area contributed by atoms with Gasteiger partial charge in [0, 0.05) is 11.3 Å². The maximum atomic E-state index is 13.3. The smallest absolute Gasteiger partial charge is 0.300 e. The molecule has 30 heavy (non-hydrogen) atoms. The van der Waals surface area contributed by atoms with Crippen molar-refractivity contribution >= 4 is 23.1 Å². The first kappa shape index (κ1) is 19.4. The van der Waals surface area contributed by atoms with E-state index in [1.165, 1.54) is 36.3 Å². The van der Waals surface area contributed by atoms with Crippen LogP contribution >= 0.6 is 0 Å².